The standard InChI is InChI=1S/C11H22N2O2S/c1-12(11-7-3-2-4-8-11)16(14,15)13-9-5-6-10-13/h11H,2-10H2,1H3. The third-order valence-corrected chi connectivity index (χ3v) is 5.89. The van der Waals surface area contributed by atoms with Crippen molar-refractivity contribution in [2.24, 2.45) is 0 Å². The smallest absolute Gasteiger partial charge is 0.195 e. The van der Waals surface area contributed by atoms with Crippen molar-refractivity contribution >= 4 is 10.2 Å². The summed E-state index contributed by atoms with van der Waals surface area (Å²) < 4.78 is 27.8. The Balaban J connectivity index is 2.03. The van der Waals surface area contributed by atoms with Gasteiger partial charge in [0.25, 0.3) is 10.2 Å². The van der Waals surface area contributed by atoms with Crippen LogP contribution in [0.3, 0.4) is 0 Å². The molecule has 16 heavy (non-hydrogen) atoms. The molecule has 0 atom stereocenters. The molecule has 2 rings (SSSR count). The molecule has 0 aromatic heterocycles. The van der Waals surface area contributed by atoms with Gasteiger partial charge in [0.2, 0.25) is 0 Å². The monoisotopic (exact) mass is 246 g/mol. The van der Waals surface area contributed by atoms with Gasteiger partial charge in [-0.25, -0.2) is 0 Å². The third-order valence-electron chi connectivity index (χ3n) is 3.84. The zero-order chi connectivity index (χ0) is 11.6. The zero-order valence-corrected chi connectivity index (χ0v) is 10.9. The van der Waals surface area contributed by atoms with Crippen LogP contribution in [0.1, 0.15) is 44.9 Å². The van der Waals surface area contributed by atoms with E-state index in [2.05, 4.69) is 0 Å². The van der Waals surface area contributed by atoms with E-state index >= 15 is 0 Å². The summed E-state index contributed by atoms with van der Waals surface area (Å²) in [4.78, 5) is 0. The lowest BCUT2D eigenvalue weighted by molar-refractivity contribution is 0.269. The third kappa shape index (κ3) is 2.41. The molecule has 1 aliphatic heterocycles. The fourth-order valence-corrected chi connectivity index (χ4v) is 4.41. The van der Waals surface area contributed by atoms with Crippen LogP contribution in [-0.4, -0.2) is 43.2 Å². The zero-order valence-electron chi connectivity index (χ0n) is 10.1. The van der Waals surface area contributed by atoms with Gasteiger partial charge in [-0.15, -0.1) is 0 Å². The van der Waals surface area contributed by atoms with Crippen molar-refractivity contribution in [2.45, 2.75) is 51.0 Å². The Morgan fingerprint density at radius 3 is 2.12 bits per heavy atom. The first-order valence-corrected chi connectivity index (χ1v) is 7.75. The van der Waals surface area contributed by atoms with Crippen LogP contribution in [0.5, 0.6) is 0 Å². The van der Waals surface area contributed by atoms with Crippen molar-refractivity contribution in [1.82, 2.24) is 8.61 Å². The van der Waals surface area contributed by atoms with E-state index in [4.69, 9.17) is 0 Å². The van der Waals surface area contributed by atoms with Crippen molar-refractivity contribution in [3.8, 4) is 0 Å². The molecule has 4 nitrogen and oxygen atoms in total. The van der Waals surface area contributed by atoms with E-state index in [1.54, 1.807) is 15.7 Å². The van der Waals surface area contributed by atoms with Crippen molar-refractivity contribution in [2.75, 3.05) is 20.1 Å². The van der Waals surface area contributed by atoms with Crippen molar-refractivity contribution in [1.29, 1.82) is 0 Å². The van der Waals surface area contributed by atoms with Gasteiger partial charge in [0.1, 0.15) is 0 Å². The lowest BCUT2D eigenvalue weighted by Gasteiger charge is -2.33. The average Bonchev–Trinajstić information content (AvgIpc) is 2.83. The van der Waals surface area contributed by atoms with Crippen LogP contribution in [-0.2, 0) is 10.2 Å². The van der Waals surface area contributed by atoms with Crippen LogP contribution < -0.4 is 0 Å². The minimum Gasteiger partial charge on any atom is -0.195 e. The first-order chi connectivity index (χ1) is 7.62. The highest BCUT2D eigenvalue weighted by atomic mass is 32.2. The lowest BCUT2D eigenvalue weighted by atomic mass is 9.96. The Kier molecular flexibility index (Phi) is 3.87. The molecule has 0 radical (unpaired) electrons. The molecule has 0 N–H and O–H groups in total. The van der Waals surface area contributed by atoms with E-state index in [0.717, 1.165) is 25.7 Å². The normalized spacial score (nSPS) is 25.4. The quantitative estimate of drug-likeness (QED) is 0.759. The van der Waals surface area contributed by atoms with Crippen molar-refractivity contribution in [3.63, 3.8) is 0 Å². The average molecular weight is 246 g/mol. The van der Waals surface area contributed by atoms with Gasteiger partial charge in [-0.1, -0.05) is 19.3 Å². The molecular weight excluding hydrogens is 224 g/mol. The van der Waals surface area contributed by atoms with Gasteiger partial charge in [-0.3, -0.25) is 0 Å². The van der Waals surface area contributed by atoms with Gasteiger partial charge in [-0.2, -0.15) is 17.0 Å². The summed E-state index contributed by atoms with van der Waals surface area (Å²) in [5, 5.41) is 0. The van der Waals surface area contributed by atoms with E-state index in [1.165, 1.54) is 19.3 Å². The highest BCUT2D eigenvalue weighted by Gasteiger charge is 2.33. The van der Waals surface area contributed by atoms with Crippen LogP contribution in [0.2, 0.25) is 0 Å². The molecule has 0 aromatic rings. The molecule has 0 aromatic carbocycles. The van der Waals surface area contributed by atoms with Crippen molar-refractivity contribution in [3.05, 3.63) is 0 Å². The Bertz CT molecular complexity index is 317. The molecule has 1 saturated heterocycles. The minimum atomic E-state index is -3.17. The summed E-state index contributed by atoms with van der Waals surface area (Å²) in [6, 6.07) is 0.236. The summed E-state index contributed by atoms with van der Waals surface area (Å²) in [6.07, 6.45) is 7.69. The molecule has 0 unspecified atom stereocenters. The van der Waals surface area contributed by atoms with Crippen LogP contribution in [0, 0.1) is 0 Å². The molecular formula is C11H22N2O2S. The van der Waals surface area contributed by atoms with Gasteiger partial charge in [-0.05, 0) is 25.7 Å². The number of nitrogens with zero attached hydrogens (tertiary/aromatic N) is 2. The number of rotatable bonds is 3. The predicted molar refractivity (Wildman–Crippen MR) is 64.4 cm³/mol. The van der Waals surface area contributed by atoms with E-state index in [0.29, 0.717) is 13.1 Å². The second kappa shape index (κ2) is 5.02. The fourth-order valence-electron chi connectivity index (χ4n) is 2.73. The molecule has 94 valence electrons. The topological polar surface area (TPSA) is 40.6 Å². The Hall–Kier alpha value is -0.130. The highest BCUT2D eigenvalue weighted by molar-refractivity contribution is 7.86. The summed E-state index contributed by atoms with van der Waals surface area (Å²) >= 11 is 0. The molecule has 1 heterocycles. The van der Waals surface area contributed by atoms with E-state index in [-0.39, 0.29) is 6.04 Å². The van der Waals surface area contributed by atoms with E-state index in [9.17, 15) is 8.42 Å². The second-order valence-electron chi connectivity index (χ2n) is 4.92. The molecule has 5 heteroatoms. The summed E-state index contributed by atoms with van der Waals surface area (Å²) in [5.41, 5.74) is 0. The van der Waals surface area contributed by atoms with Crippen LogP contribution in [0.25, 0.3) is 0 Å². The Morgan fingerprint density at radius 1 is 1.00 bits per heavy atom. The molecule has 2 fully saturated rings. The molecule has 1 saturated carbocycles. The highest BCUT2D eigenvalue weighted by Crippen LogP contribution is 2.25. The summed E-state index contributed by atoms with van der Waals surface area (Å²) in [5.74, 6) is 0. The Morgan fingerprint density at radius 2 is 1.56 bits per heavy atom. The SMILES string of the molecule is CN(C1CCCCC1)S(=O)(=O)N1CCCC1. The molecule has 1 aliphatic carbocycles. The van der Waals surface area contributed by atoms with Gasteiger partial charge in [0.15, 0.2) is 0 Å². The van der Waals surface area contributed by atoms with Gasteiger partial charge >= 0.3 is 0 Å². The van der Waals surface area contributed by atoms with Crippen LogP contribution in [0.15, 0.2) is 0 Å². The first kappa shape index (κ1) is 12.3. The van der Waals surface area contributed by atoms with Gasteiger partial charge < -0.3 is 0 Å². The lowest BCUT2D eigenvalue weighted by Crippen LogP contribution is -2.46. The maximum absolute atomic E-state index is 12.3. The largest absolute Gasteiger partial charge is 0.281 e. The van der Waals surface area contributed by atoms with Crippen LogP contribution in [0.4, 0.5) is 0 Å². The second-order valence-corrected chi connectivity index (χ2v) is 6.91. The maximum atomic E-state index is 12.3. The minimum absolute atomic E-state index is 0.236. The Labute approximate surface area is 98.8 Å². The summed E-state index contributed by atoms with van der Waals surface area (Å²) in [6.45, 7) is 1.42. The molecule has 2 aliphatic rings. The number of hydrogen-bond acceptors (Lipinski definition) is 2. The predicted octanol–water partition coefficient (Wildman–Crippen LogP) is 1.59. The van der Waals surface area contributed by atoms with Gasteiger partial charge in [0, 0.05) is 26.2 Å². The molecule has 0 bridgehead atoms. The first-order valence-electron chi connectivity index (χ1n) is 6.35. The van der Waals surface area contributed by atoms with Crippen molar-refractivity contribution < 1.29 is 8.42 Å². The molecule has 0 amide bonds. The molecule has 0 spiro atoms. The van der Waals surface area contributed by atoms with E-state index in [1.807, 2.05) is 0 Å². The fraction of sp³-hybridized carbons (Fsp3) is 1.00. The maximum Gasteiger partial charge on any atom is 0.281 e. The van der Waals surface area contributed by atoms with Gasteiger partial charge in [0.05, 0.1) is 0 Å². The van der Waals surface area contributed by atoms with Crippen LogP contribution >= 0.6 is 0 Å². The van der Waals surface area contributed by atoms with E-state index < -0.39 is 10.2 Å². The number of hydrogen-bond donors (Lipinski definition) is 0. The summed E-state index contributed by atoms with van der Waals surface area (Å²) in [7, 11) is -1.42.